The van der Waals surface area contributed by atoms with Crippen molar-refractivity contribution in [1.82, 2.24) is 0 Å². The van der Waals surface area contributed by atoms with Gasteiger partial charge in [0, 0.05) is 17.7 Å². The lowest BCUT2D eigenvalue weighted by Gasteiger charge is -1.94. The zero-order valence-corrected chi connectivity index (χ0v) is 6.43. The second-order valence-electron chi connectivity index (χ2n) is 2.26. The summed E-state index contributed by atoms with van der Waals surface area (Å²) >= 11 is 0. The van der Waals surface area contributed by atoms with Crippen molar-refractivity contribution < 1.29 is 9.72 Å². The fourth-order valence-electron chi connectivity index (χ4n) is 0.863. The zero-order valence-electron chi connectivity index (χ0n) is 6.43. The molecule has 0 amide bonds. The first-order valence-corrected chi connectivity index (χ1v) is 3.32. The summed E-state index contributed by atoms with van der Waals surface area (Å²) in [5.41, 5.74) is -0.0154. The fourth-order valence-corrected chi connectivity index (χ4v) is 0.863. The molecule has 0 aliphatic rings. The van der Waals surface area contributed by atoms with Gasteiger partial charge in [-0.3, -0.25) is 14.9 Å². The van der Waals surface area contributed by atoms with Gasteiger partial charge in [0.2, 0.25) is 0 Å². The normalized spacial score (nSPS) is 8.85. The molecule has 0 fully saturated rings. The minimum Gasteiger partial charge on any atom is -0.298 e. The molecule has 5 nitrogen and oxygen atoms in total. The van der Waals surface area contributed by atoms with Crippen molar-refractivity contribution in [2.45, 2.75) is 0 Å². The van der Waals surface area contributed by atoms with Gasteiger partial charge < -0.3 is 0 Å². The second-order valence-corrected chi connectivity index (χ2v) is 2.26. The average Bonchev–Trinajstić information content (AvgIpc) is 2.16. The quantitative estimate of drug-likeness (QED) is 0.386. The standard InChI is InChI=1S/C8H4N2O3/c9-4-6-1-2-8(10(12)13)3-7(6)5-11/h1-3,5H. The van der Waals surface area contributed by atoms with Gasteiger partial charge >= 0.3 is 0 Å². The summed E-state index contributed by atoms with van der Waals surface area (Å²) in [5.74, 6) is 0. The molecular formula is C8H4N2O3. The maximum Gasteiger partial charge on any atom is 0.270 e. The molecule has 0 aliphatic carbocycles. The third kappa shape index (κ3) is 1.68. The number of non-ortho nitro benzene ring substituents is 1. The Labute approximate surface area is 73.4 Å². The molecule has 1 rings (SSSR count). The van der Waals surface area contributed by atoms with Gasteiger partial charge in [-0.1, -0.05) is 0 Å². The predicted molar refractivity (Wildman–Crippen MR) is 43.2 cm³/mol. The van der Waals surface area contributed by atoms with E-state index in [2.05, 4.69) is 0 Å². The molecule has 0 saturated carbocycles. The number of nitro groups is 1. The number of nitriles is 1. The van der Waals surface area contributed by atoms with Gasteiger partial charge in [-0.05, 0) is 6.07 Å². The van der Waals surface area contributed by atoms with E-state index in [1.165, 1.54) is 12.1 Å². The van der Waals surface area contributed by atoms with E-state index < -0.39 is 4.92 Å². The van der Waals surface area contributed by atoms with Crippen LogP contribution in [-0.2, 0) is 0 Å². The molecule has 0 N–H and O–H groups in total. The smallest absolute Gasteiger partial charge is 0.270 e. The van der Waals surface area contributed by atoms with E-state index in [9.17, 15) is 14.9 Å². The molecule has 0 aliphatic heterocycles. The van der Waals surface area contributed by atoms with Crippen LogP contribution in [0.25, 0.3) is 0 Å². The number of hydrogen-bond acceptors (Lipinski definition) is 4. The van der Waals surface area contributed by atoms with Crippen LogP contribution in [0.4, 0.5) is 5.69 Å². The molecule has 64 valence electrons. The van der Waals surface area contributed by atoms with Crippen LogP contribution in [0.2, 0.25) is 0 Å². The highest BCUT2D eigenvalue weighted by Gasteiger charge is 2.09. The van der Waals surface area contributed by atoms with Crippen LogP contribution in [0, 0.1) is 21.4 Å². The molecule has 1 aromatic carbocycles. The van der Waals surface area contributed by atoms with Crippen molar-refractivity contribution in [3.8, 4) is 6.07 Å². The molecule has 0 spiro atoms. The SMILES string of the molecule is N#Cc1ccc([N+](=O)[O-])cc1C=O. The summed E-state index contributed by atoms with van der Waals surface area (Å²) in [7, 11) is 0. The molecule has 13 heavy (non-hydrogen) atoms. The molecule has 0 heterocycles. The lowest BCUT2D eigenvalue weighted by Crippen LogP contribution is -1.92. The largest absolute Gasteiger partial charge is 0.298 e. The number of nitro benzene ring substituents is 1. The van der Waals surface area contributed by atoms with Gasteiger partial charge in [-0.2, -0.15) is 5.26 Å². The lowest BCUT2D eigenvalue weighted by molar-refractivity contribution is -0.384. The number of benzene rings is 1. The molecule has 1 aromatic rings. The minimum absolute atomic E-state index is 0.0386. The van der Waals surface area contributed by atoms with Crippen molar-refractivity contribution in [3.63, 3.8) is 0 Å². The molecule has 0 radical (unpaired) electrons. The summed E-state index contributed by atoms with van der Waals surface area (Å²) in [5, 5.41) is 18.8. The maximum atomic E-state index is 10.4. The monoisotopic (exact) mass is 176 g/mol. The van der Waals surface area contributed by atoms with Crippen molar-refractivity contribution in [3.05, 3.63) is 39.4 Å². The van der Waals surface area contributed by atoms with Gasteiger partial charge in [-0.15, -0.1) is 0 Å². The Kier molecular flexibility index (Phi) is 2.36. The zero-order chi connectivity index (χ0) is 9.84. The Balaban J connectivity index is 3.30. The van der Waals surface area contributed by atoms with E-state index in [1.54, 1.807) is 6.07 Å². The van der Waals surface area contributed by atoms with Crippen LogP contribution in [0.3, 0.4) is 0 Å². The van der Waals surface area contributed by atoms with Crippen LogP contribution in [0.15, 0.2) is 18.2 Å². The van der Waals surface area contributed by atoms with Gasteiger partial charge in [0.15, 0.2) is 6.29 Å². The van der Waals surface area contributed by atoms with E-state index in [0.717, 1.165) is 6.07 Å². The summed E-state index contributed by atoms with van der Waals surface area (Å²) in [6.45, 7) is 0. The van der Waals surface area contributed by atoms with E-state index in [1.807, 2.05) is 0 Å². The number of carbonyl (C=O) groups is 1. The van der Waals surface area contributed by atoms with Gasteiger partial charge in [-0.25, -0.2) is 0 Å². The van der Waals surface area contributed by atoms with Crippen LogP contribution in [0.1, 0.15) is 15.9 Å². The van der Waals surface area contributed by atoms with Crippen molar-refractivity contribution in [2.75, 3.05) is 0 Å². The minimum atomic E-state index is -0.617. The maximum absolute atomic E-state index is 10.4. The van der Waals surface area contributed by atoms with Gasteiger partial charge in [0.25, 0.3) is 5.69 Å². The van der Waals surface area contributed by atoms with Gasteiger partial charge in [0.1, 0.15) is 0 Å². The molecule has 5 heteroatoms. The number of hydrogen-bond donors (Lipinski definition) is 0. The van der Waals surface area contributed by atoms with Crippen LogP contribution in [0.5, 0.6) is 0 Å². The highest BCUT2D eigenvalue weighted by atomic mass is 16.6. The first-order valence-electron chi connectivity index (χ1n) is 3.32. The van der Waals surface area contributed by atoms with E-state index in [4.69, 9.17) is 5.26 Å². The fraction of sp³-hybridized carbons (Fsp3) is 0. The molecule has 0 atom stereocenters. The van der Waals surface area contributed by atoms with E-state index >= 15 is 0 Å². The highest BCUT2D eigenvalue weighted by molar-refractivity contribution is 5.80. The lowest BCUT2D eigenvalue weighted by atomic mass is 10.1. The molecule has 0 unspecified atom stereocenters. The average molecular weight is 176 g/mol. The Morgan fingerprint density at radius 2 is 2.23 bits per heavy atom. The predicted octanol–water partition coefficient (Wildman–Crippen LogP) is 1.28. The Hall–Kier alpha value is -2.22. The molecule has 0 bridgehead atoms. The Morgan fingerprint density at radius 3 is 2.69 bits per heavy atom. The van der Waals surface area contributed by atoms with E-state index in [-0.39, 0.29) is 16.8 Å². The third-order valence-corrected chi connectivity index (χ3v) is 1.49. The summed E-state index contributed by atoms with van der Waals surface area (Å²) in [4.78, 5) is 20.0. The topological polar surface area (TPSA) is 84.0 Å². The van der Waals surface area contributed by atoms with Crippen LogP contribution in [-0.4, -0.2) is 11.2 Å². The number of nitrogens with zero attached hydrogens (tertiary/aromatic N) is 2. The molecule has 0 aromatic heterocycles. The van der Waals surface area contributed by atoms with Crippen LogP contribution < -0.4 is 0 Å². The van der Waals surface area contributed by atoms with Gasteiger partial charge in [0.05, 0.1) is 16.6 Å². The van der Waals surface area contributed by atoms with Crippen LogP contribution >= 0.6 is 0 Å². The number of aldehydes is 1. The van der Waals surface area contributed by atoms with Crippen molar-refractivity contribution in [1.29, 1.82) is 5.26 Å². The summed E-state index contributed by atoms with van der Waals surface area (Å²) in [6, 6.07) is 5.27. The summed E-state index contributed by atoms with van der Waals surface area (Å²) < 4.78 is 0. The highest BCUT2D eigenvalue weighted by Crippen LogP contribution is 2.15. The molecule has 0 saturated heterocycles. The first kappa shape index (κ1) is 8.87. The Morgan fingerprint density at radius 1 is 1.54 bits per heavy atom. The first-order chi connectivity index (χ1) is 6.19. The molecular weight excluding hydrogens is 172 g/mol. The number of carbonyl (C=O) groups excluding carboxylic acids is 1. The van der Waals surface area contributed by atoms with E-state index in [0.29, 0.717) is 6.29 Å². The van der Waals surface area contributed by atoms with Crippen molar-refractivity contribution in [2.24, 2.45) is 0 Å². The van der Waals surface area contributed by atoms with Crippen molar-refractivity contribution >= 4 is 12.0 Å². The summed E-state index contributed by atoms with van der Waals surface area (Å²) in [6.07, 6.45) is 0.422. The Bertz CT molecular complexity index is 406. The number of rotatable bonds is 2. The third-order valence-electron chi connectivity index (χ3n) is 1.49. The second kappa shape index (κ2) is 3.45.